The average molecular weight is 576 g/mol. The van der Waals surface area contributed by atoms with E-state index >= 15 is 0 Å². The highest BCUT2D eigenvalue weighted by Crippen LogP contribution is 2.32. The van der Waals surface area contributed by atoms with Gasteiger partial charge >= 0.3 is 6.09 Å². The van der Waals surface area contributed by atoms with Crippen LogP contribution in [0.3, 0.4) is 0 Å². The number of amides is 3. The third-order valence-corrected chi connectivity index (χ3v) is 6.87. The van der Waals surface area contributed by atoms with Crippen LogP contribution in [0.15, 0.2) is 55.0 Å². The molecular formula is C27H26ClN9O4. The second-order valence-electron chi connectivity index (χ2n) is 9.55. The molecule has 5 N–H and O–H groups in total. The van der Waals surface area contributed by atoms with Crippen LogP contribution in [0.25, 0.3) is 23.0 Å². The van der Waals surface area contributed by atoms with E-state index in [0.29, 0.717) is 64.0 Å². The van der Waals surface area contributed by atoms with Gasteiger partial charge in [-0.25, -0.2) is 9.78 Å². The van der Waals surface area contributed by atoms with Crippen LogP contribution in [0, 0.1) is 5.92 Å². The molecule has 0 fully saturated rings. The van der Waals surface area contributed by atoms with Gasteiger partial charge in [-0.1, -0.05) is 24.9 Å². The van der Waals surface area contributed by atoms with Gasteiger partial charge in [0.25, 0.3) is 0 Å². The molecule has 1 aliphatic rings. The van der Waals surface area contributed by atoms with Gasteiger partial charge in [0.2, 0.25) is 11.8 Å². The number of aromatic nitrogens is 6. The van der Waals surface area contributed by atoms with Crippen molar-refractivity contribution in [1.82, 2.24) is 35.5 Å². The minimum absolute atomic E-state index is 0.192. The fraction of sp³-hybridized carbons (Fsp3) is 0.222. The topological polar surface area (TPSA) is 180 Å². The lowest BCUT2D eigenvalue weighted by molar-refractivity contribution is -0.120. The number of hydrogen-bond donors (Lipinski definition) is 5. The van der Waals surface area contributed by atoms with Crippen molar-refractivity contribution in [3.63, 3.8) is 0 Å². The second kappa shape index (κ2) is 12.0. The smallest absolute Gasteiger partial charge is 0.409 e. The zero-order valence-corrected chi connectivity index (χ0v) is 22.6. The molecule has 210 valence electrons. The van der Waals surface area contributed by atoms with Crippen LogP contribution < -0.4 is 16.0 Å². The molecule has 41 heavy (non-hydrogen) atoms. The summed E-state index contributed by atoms with van der Waals surface area (Å²) in [4.78, 5) is 44.9. The molecule has 3 heterocycles. The van der Waals surface area contributed by atoms with Crippen molar-refractivity contribution in [3.8, 4) is 16.9 Å². The fourth-order valence-electron chi connectivity index (χ4n) is 4.55. The second-order valence-corrected chi connectivity index (χ2v) is 9.98. The lowest BCUT2D eigenvalue weighted by Gasteiger charge is -2.19. The van der Waals surface area contributed by atoms with Crippen molar-refractivity contribution < 1.29 is 19.5 Å². The molecule has 4 aromatic rings. The number of carbonyl (C=O) groups is 3. The number of nitrogens with one attached hydrogen (secondary N) is 4. The average Bonchev–Trinajstić information content (AvgIpc) is 3.64. The first-order valence-electron chi connectivity index (χ1n) is 12.8. The van der Waals surface area contributed by atoms with Gasteiger partial charge in [0.1, 0.15) is 12.2 Å². The molecule has 3 amide bonds. The van der Waals surface area contributed by atoms with Crippen molar-refractivity contribution in [2.75, 3.05) is 10.6 Å². The highest BCUT2D eigenvalue weighted by molar-refractivity contribution is 6.30. The van der Waals surface area contributed by atoms with E-state index < -0.39 is 12.1 Å². The van der Waals surface area contributed by atoms with Crippen LogP contribution in [0.2, 0.25) is 5.02 Å². The molecule has 5 rings (SSSR count). The number of anilines is 2. The van der Waals surface area contributed by atoms with Gasteiger partial charge in [-0.15, -0.1) is 5.10 Å². The maximum atomic E-state index is 13.1. The Labute approximate surface area is 239 Å². The van der Waals surface area contributed by atoms with Crippen LogP contribution in [0.4, 0.5) is 16.2 Å². The van der Waals surface area contributed by atoms with Crippen LogP contribution in [-0.4, -0.2) is 53.2 Å². The molecule has 0 spiro atoms. The maximum absolute atomic E-state index is 13.1. The third-order valence-electron chi connectivity index (χ3n) is 6.64. The number of aromatic amines is 1. The zero-order chi connectivity index (χ0) is 28.9. The summed E-state index contributed by atoms with van der Waals surface area (Å²) < 4.78 is 1.47. The van der Waals surface area contributed by atoms with Crippen LogP contribution >= 0.6 is 11.6 Å². The quantitative estimate of drug-likeness (QED) is 0.217. The normalized spacial score (nSPS) is 17.2. The molecule has 0 aliphatic carbocycles. The predicted octanol–water partition coefficient (Wildman–Crippen LogP) is 4.42. The standard InChI is InChI=1S/C27H26ClN9O4/c1-15-3-2-4-20(32-24(38)10-5-16-11-17(28)6-9-23(16)37-14-30-35-36-37)25-29-13-22(33-25)19-8-7-18(31-27(40)41)12-21(19)34-26(15)39/h5-15,20,31H,2-4H2,1H3,(H,29,33)(H,32,38)(H,34,39)(H,40,41)/b10-5+/t15-,20+/m1/s1. The van der Waals surface area contributed by atoms with Gasteiger partial charge in [0.15, 0.2) is 0 Å². The van der Waals surface area contributed by atoms with Gasteiger partial charge in [0.05, 0.1) is 29.3 Å². The van der Waals surface area contributed by atoms with Crippen LogP contribution in [0.5, 0.6) is 0 Å². The molecular weight excluding hydrogens is 550 g/mol. The number of rotatable bonds is 5. The summed E-state index contributed by atoms with van der Waals surface area (Å²) in [5, 5.41) is 29.0. The third kappa shape index (κ3) is 6.58. The van der Waals surface area contributed by atoms with Gasteiger partial charge in [-0.3, -0.25) is 14.9 Å². The Morgan fingerprint density at radius 1 is 1.20 bits per heavy atom. The number of hydrogen-bond acceptors (Lipinski definition) is 7. The number of fused-ring (bicyclic) bond motifs is 4. The van der Waals surface area contributed by atoms with Crippen LogP contribution in [-0.2, 0) is 9.59 Å². The van der Waals surface area contributed by atoms with E-state index in [-0.39, 0.29) is 17.7 Å². The van der Waals surface area contributed by atoms with Crippen LogP contribution in [0.1, 0.15) is 43.6 Å². The SMILES string of the molecule is C[C@@H]1CCC[C@H](NC(=O)/C=C/c2cc(Cl)ccc2-n2cnnn2)c2ncc([nH]2)-c2ccc(NC(=O)O)cc2NC1=O. The van der Waals surface area contributed by atoms with Gasteiger partial charge in [-0.05, 0) is 65.7 Å². The first kappa shape index (κ1) is 27.5. The molecule has 13 nitrogen and oxygen atoms in total. The summed E-state index contributed by atoms with van der Waals surface area (Å²) >= 11 is 6.18. The van der Waals surface area contributed by atoms with E-state index in [1.54, 1.807) is 48.7 Å². The Hall–Kier alpha value is -5.04. The van der Waals surface area contributed by atoms with Crippen molar-refractivity contribution in [2.45, 2.75) is 32.2 Å². The molecule has 2 bridgehead atoms. The minimum atomic E-state index is -1.21. The summed E-state index contributed by atoms with van der Waals surface area (Å²) in [5.74, 6) is -0.304. The lowest BCUT2D eigenvalue weighted by atomic mass is 9.99. The van der Waals surface area contributed by atoms with Gasteiger partial charge in [-0.2, -0.15) is 4.68 Å². The Morgan fingerprint density at radius 2 is 2.05 bits per heavy atom. The van der Waals surface area contributed by atoms with Crippen molar-refractivity contribution >= 4 is 47.0 Å². The Kier molecular flexibility index (Phi) is 8.06. The molecule has 0 saturated carbocycles. The zero-order valence-electron chi connectivity index (χ0n) is 21.8. The number of benzene rings is 2. The van der Waals surface area contributed by atoms with E-state index in [1.807, 2.05) is 6.92 Å². The minimum Gasteiger partial charge on any atom is -0.465 e. The number of carbonyl (C=O) groups excluding carboxylic acids is 2. The monoisotopic (exact) mass is 575 g/mol. The van der Waals surface area contributed by atoms with Crippen molar-refractivity contribution in [2.24, 2.45) is 5.92 Å². The van der Waals surface area contributed by atoms with Gasteiger partial charge < -0.3 is 20.7 Å². The van der Waals surface area contributed by atoms with E-state index in [0.717, 1.165) is 0 Å². The van der Waals surface area contributed by atoms with E-state index in [1.165, 1.54) is 17.1 Å². The predicted molar refractivity (Wildman–Crippen MR) is 151 cm³/mol. The maximum Gasteiger partial charge on any atom is 0.409 e. The number of halogens is 1. The number of tetrazole rings is 1. The molecule has 0 saturated heterocycles. The highest BCUT2D eigenvalue weighted by Gasteiger charge is 2.23. The first-order valence-corrected chi connectivity index (χ1v) is 13.2. The molecule has 2 aromatic carbocycles. The molecule has 1 aliphatic heterocycles. The molecule has 2 aromatic heterocycles. The summed E-state index contributed by atoms with van der Waals surface area (Å²) in [6.45, 7) is 1.83. The fourth-order valence-corrected chi connectivity index (χ4v) is 4.73. The lowest BCUT2D eigenvalue weighted by Crippen LogP contribution is -2.28. The summed E-state index contributed by atoms with van der Waals surface area (Å²) in [6.07, 6.45) is 6.65. The van der Waals surface area contributed by atoms with Crippen molar-refractivity contribution in [3.05, 3.63) is 71.4 Å². The van der Waals surface area contributed by atoms with Gasteiger partial charge in [0, 0.05) is 33.8 Å². The first-order chi connectivity index (χ1) is 19.8. The highest BCUT2D eigenvalue weighted by atomic mass is 35.5. The molecule has 14 heteroatoms. The number of nitrogens with zero attached hydrogens (tertiary/aromatic N) is 5. The Bertz CT molecular complexity index is 1620. The summed E-state index contributed by atoms with van der Waals surface area (Å²) in [5.41, 5.74) is 3.28. The van der Waals surface area contributed by atoms with E-state index in [9.17, 15) is 14.4 Å². The molecule has 0 unspecified atom stereocenters. The number of imidazole rings is 1. The Balaban J connectivity index is 1.41. The number of H-pyrrole nitrogens is 1. The van der Waals surface area contributed by atoms with E-state index in [4.69, 9.17) is 16.7 Å². The molecule has 0 radical (unpaired) electrons. The van der Waals surface area contributed by atoms with E-state index in [2.05, 4.69) is 41.4 Å². The number of carboxylic acid groups (broad SMARTS) is 1. The van der Waals surface area contributed by atoms with Crippen molar-refractivity contribution in [1.29, 1.82) is 0 Å². The largest absolute Gasteiger partial charge is 0.465 e. The summed E-state index contributed by atoms with van der Waals surface area (Å²) in [6, 6.07) is 9.56. The molecule has 2 atom stereocenters. The summed E-state index contributed by atoms with van der Waals surface area (Å²) in [7, 11) is 0. The Morgan fingerprint density at radius 3 is 2.83 bits per heavy atom.